The van der Waals surface area contributed by atoms with E-state index < -0.39 is 0 Å². The minimum atomic E-state index is 0.318. The van der Waals surface area contributed by atoms with Gasteiger partial charge < -0.3 is 4.90 Å². The number of benzene rings is 2. The zero-order chi connectivity index (χ0) is 13.8. The van der Waals surface area contributed by atoms with Crippen LogP contribution in [-0.4, -0.2) is 6.54 Å². The van der Waals surface area contributed by atoms with Gasteiger partial charge in [0.15, 0.2) is 0 Å². The molecule has 2 aromatic rings. The number of rotatable bonds is 3. The van der Waals surface area contributed by atoms with Crippen LogP contribution in [0, 0.1) is 17.2 Å². The Morgan fingerprint density at radius 3 is 2.30 bits per heavy atom. The largest absolute Gasteiger partial charge is 0.364 e. The lowest BCUT2D eigenvalue weighted by Gasteiger charge is -2.30. The average Bonchev–Trinajstić information content (AvgIpc) is 2.93. The van der Waals surface area contributed by atoms with Crippen molar-refractivity contribution < 1.29 is 0 Å². The molecule has 0 aliphatic carbocycles. The van der Waals surface area contributed by atoms with Gasteiger partial charge in [-0.3, -0.25) is 0 Å². The topological polar surface area (TPSA) is 27.0 Å². The molecule has 0 aromatic heterocycles. The molecular formula is C18H18N2. The first-order chi connectivity index (χ1) is 9.90. The second-order valence-electron chi connectivity index (χ2n) is 5.30. The Labute approximate surface area is 120 Å². The molecule has 0 N–H and O–H groups in total. The van der Waals surface area contributed by atoms with Crippen LogP contribution in [0.25, 0.3) is 0 Å². The van der Waals surface area contributed by atoms with Crippen LogP contribution in [0.4, 0.5) is 5.69 Å². The van der Waals surface area contributed by atoms with Crippen molar-refractivity contribution in [3.8, 4) is 6.07 Å². The molecule has 0 saturated carbocycles. The van der Waals surface area contributed by atoms with Crippen molar-refractivity contribution in [1.29, 1.82) is 5.26 Å². The summed E-state index contributed by atoms with van der Waals surface area (Å²) in [6, 6.07) is 23.8. The van der Waals surface area contributed by atoms with Crippen molar-refractivity contribution in [3.05, 3.63) is 66.2 Å². The van der Waals surface area contributed by atoms with Crippen LogP contribution in [0.1, 0.15) is 24.4 Å². The summed E-state index contributed by atoms with van der Waals surface area (Å²) in [7, 11) is 0. The van der Waals surface area contributed by atoms with Crippen LogP contribution in [0.5, 0.6) is 0 Å². The van der Waals surface area contributed by atoms with Crippen molar-refractivity contribution in [2.75, 3.05) is 11.4 Å². The first-order valence-electron chi connectivity index (χ1n) is 7.14. The molecule has 0 amide bonds. The van der Waals surface area contributed by atoms with Gasteiger partial charge in [-0.1, -0.05) is 48.5 Å². The highest BCUT2D eigenvalue weighted by atomic mass is 15.2. The third kappa shape index (κ3) is 2.40. The monoisotopic (exact) mass is 262 g/mol. The van der Waals surface area contributed by atoms with Crippen molar-refractivity contribution >= 4 is 5.69 Å². The summed E-state index contributed by atoms with van der Waals surface area (Å²) in [5.74, 6) is 0.419. The summed E-state index contributed by atoms with van der Waals surface area (Å²) in [6.07, 6.45) is 1.71. The van der Waals surface area contributed by atoms with Crippen LogP contribution >= 0.6 is 0 Å². The van der Waals surface area contributed by atoms with Crippen LogP contribution in [0.2, 0.25) is 0 Å². The van der Waals surface area contributed by atoms with Crippen molar-refractivity contribution in [1.82, 2.24) is 0 Å². The van der Waals surface area contributed by atoms with Crippen molar-refractivity contribution in [2.24, 2.45) is 5.92 Å². The SMILES string of the molecule is N#CCC1CCN(c2ccccc2)C1c1ccccc1. The second kappa shape index (κ2) is 5.79. The van der Waals surface area contributed by atoms with Gasteiger partial charge in [0.25, 0.3) is 0 Å². The Balaban J connectivity index is 1.96. The van der Waals surface area contributed by atoms with Gasteiger partial charge in [-0.05, 0) is 30.0 Å². The number of para-hydroxylation sites is 1. The average molecular weight is 262 g/mol. The van der Waals surface area contributed by atoms with E-state index in [0.717, 1.165) is 13.0 Å². The number of anilines is 1. The highest BCUT2D eigenvalue weighted by Gasteiger charge is 2.34. The Morgan fingerprint density at radius 1 is 1.00 bits per heavy atom. The lowest BCUT2D eigenvalue weighted by atomic mass is 9.91. The molecule has 1 aliphatic rings. The van der Waals surface area contributed by atoms with Gasteiger partial charge in [-0.15, -0.1) is 0 Å². The number of hydrogen-bond acceptors (Lipinski definition) is 2. The number of nitrogens with zero attached hydrogens (tertiary/aromatic N) is 2. The fourth-order valence-corrected chi connectivity index (χ4v) is 3.20. The lowest BCUT2D eigenvalue weighted by molar-refractivity contribution is 0.496. The smallest absolute Gasteiger partial charge is 0.0625 e. The van der Waals surface area contributed by atoms with Gasteiger partial charge >= 0.3 is 0 Å². The molecule has 0 bridgehead atoms. The normalized spacial score (nSPS) is 21.6. The summed E-state index contributed by atoms with van der Waals surface area (Å²) in [6.45, 7) is 1.02. The van der Waals surface area contributed by atoms with Gasteiger partial charge in [0.1, 0.15) is 0 Å². The van der Waals surface area contributed by atoms with Gasteiger partial charge in [-0.2, -0.15) is 5.26 Å². The molecule has 2 atom stereocenters. The molecule has 2 heteroatoms. The van der Waals surface area contributed by atoms with Gasteiger partial charge in [0.2, 0.25) is 0 Å². The fraction of sp³-hybridized carbons (Fsp3) is 0.278. The predicted molar refractivity (Wildman–Crippen MR) is 81.3 cm³/mol. The maximum Gasteiger partial charge on any atom is 0.0625 e. The van der Waals surface area contributed by atoms with E-state index in [-0.39, 0.29) is 0 Å². The Morgan fingerprint density at radius 2 is 1.65 bits per heavy atom. The Kier molecular flexibility index (Phi) is 3.69. The van der Waals surface area contributed by atoms with E-state index in [4.69, 9.17) is 5.26 Å². The Hall–Kier alpha value is -2.27. The first-order valence-corrected chi connectivity index (χ1v) is 7.14. The van der Waals surface area contributed by atoms with E-state index >= 15 is 0 Å². The molecule has 2 aromatic carbocycles. The van der Waals surface area contributed by atoms with E-state index in [1.54, 1.807) is 0 Å². The molecule has 1 aliphatic heterocycles. The zero-order valence-corrected chi connectivity index (χ0v) is 11.4. The van der Waals surface area contributed by atoms with Crippen LogP contribution < -0.4 is 4.90 Å². The molecule has 1 saturated heterocycles. The van der Waals surface area contributed by atoms with E-state index in [2.05, 4.69) is 59.5 Å². The second-order valence-corrected chi connectivity index (χ2v) is 5.30. The van der Waals surface area contributed by atoms with Crippen LogP contribution in [0.15, 0.2) is 60.7 Å². The quantitative estimate of drug-likeness (QED) is 0.830. The maximum atomic E-state index is 9.08. The van der Waals surface area contributed by atoms with Crippen LogP contribution in [-0.2, 0) is 0 Å². The molecule has 20 heavy (non-hydrogen) atoms. The summed E-state index contributed by atoms with van der Waals surface area (Å²) in [5, 5.41) is 9.08. The van der Waals surface area contributed by atoms with E-state index in [1.807, 2.05) is 12.1 Å². The number of hydrogen-bond donors (Lipinski definition) is 0. The molecule has 2 nitrogen and oxygen atoms in total. The van der Waals surface area contributed by atoms with Crippen molar-refractivity contribution in [3.63, 3.8) is 0 Å². The van der Waals surface area contributed by atoms with Gasteiger partial charge in [0.05, 0.1) is 12.1 Å². The predicted octanol–water partition coefficient (Wildman–Crippen LogP) is 4.17. The minimum Gasteiger partial charge on any atom is -0.364 e. The molecule has 1 fully saturated rings. The van der Waals surface area contributed by atoms with E-state index in [9.17, 15) is 0 Å². The van der Waals surface area contributed by atoms with Crippen LogP contribution in [0.3, 0.4) is 0 Å². The summed E-state index contributed by atoms with van der Waals surface area (Å²) in [5.41, 5.74) is 2.57. The summed E-state index contributed by atoms with van der Waals surface area (Å²) in [4.78, 5) is 2.44. The highest BCUT2D eigenvalue weighted by Crippen LogP contribution is 2.41. The van der Waals surface area contributed by atoms with Gasteiger partial charge in [0, 0.05) is 18.7 Å². The lowest BCUT2D eigenvalue weighted by Crippen LogP contribution is -2.25. The molecule has 1 heterocycles. The van der Waals surface area contributed by atoms with E-state index in [1.165, 1.54) is 11.3 Å². The highest BCUT2D eigenvalue weighted by molar-refractivity contribution is 5.50. The molecular weight excluding hydrogens is 244 g/mol. The molecule has 0 radical (unpaired) electrons. The van der Waals surface area contributed by atoms with Crippen molar-refractivity contribution in [2.45, 2.75) is 18.9 Å². The van der Waals surface area contributed by atoms with E-state index in [0.29, 0.717) is 18.4 Å². The summed E-state index contributed by atoms with van der Waals surface area (Å²) >= 11 is 0. The third-order valence-electron chi connectivity index (χ3n) is 4.11. The minimum absolute atomic E-state index is 0.318. The maximum absolute atomic E-state index is 9.08. The van der Waals surface area contributed by atoms with Gasteiger partial charge in [-0.25, -0.2) is 0 Å². The zero-order valence-electron chi connectivity index (χ0n) is 11.4. The summed E-state index contributed by atoms with van der Waals surface area (Å²) < 4.78 is 0. The molecule has 3 rings (SSSR count). The third-order valence-corrected chi connectivity index (χ3v) is 4.11. The Bertz CT molecular complexity index is 586. The standard InChI is InChI=1S/C18H18N2/c19-13-11-16-12-14-20(17-9-5-2-6-10-17)18(16)15-7-3-1-4-8-15/h1-10,16,18H,11-12,14H2. The molecule has 2 unspecified atom stereocenters. The molecule has 100 valence electrons. The first kappa shape index (κ1) is 12.7. The fourth-order valence-electron chi connectivity index (χ4n) is 3.20. The molecule has 0 spiro atoms. The number of nitriles is 1.